The molecule has 0 amide bonds. The van der Waals surface area contributed by atoms with E-state index in [1.54, 1.807) is 6.92 Å². The van der Waals surface area contributed by atoms with Crippen molar-refractivity contribution in [2.24, 2.45) is 0 Å². The zero-order chi connectivity index (χ0) is 14.2. The third-order valence-corrected chi connectivity index (χ3v) is 2.90. The van der Waals surface area contributed by atoms with Crippen molar-refractivity contribution in [1.29, 1.82) is 0 Å². The first-order valence-electron chi connectivity index (χ1n) is 5.21. The monoisotopic (exact) mass is 288 g/mol. The summed E-state index contributed by atoms with van der Waals surface area (Å²) in [6.07, 6.45) is -2.54. The van der Waals surface area contributed by atoms with Crippen LogP contribution in [0.2, 0.25) is 5.02 Å². The molecular formula is C12H8ClF3N2O. The van der Waals surface area contributed by atoms with Gasteiger partial charge in [0.1, 0.15) is 0 Å². The summed E-state index contributed by atoms with van der Waals surface area (Å²) in [4.78, 5) is 10.7. The Hall–Kier alpha value is -1.82. The maximum absolute atomic E-state index is 12.6. The first kappa shape index (κ1) is 13.6. The van der Waals surface area contributed by atoms with Gasteiger partial charge < -0.3 is 0 Å². The molecule has 0 atom stereocenters. The number of halogens is 4. The van der Waals surface area contributed by atoms with Crippen molar-refractivity contribution in [3.05, 3.63) is 46.2 Å². The molecule has 1 heterocycles. The zero-order valence-corrected chi connectivity index (χ0v) is 10.5. The van der Waals surface area contributed by atoms with Crippen molar-refractivity contribution in [1.82, 2.24) is 9.78 Å². The number of nitrogens with zero attached hydrogens (tertiary/aromatic N) is 2. The zero-order valence-electron chi connectivity index (χ0n) is 9.70. The summed E-state index contributed by atoms with van der Waals surface area (Å²) in [5.41, 5.74) is -0.0302. The van der Waals surface area contributed by atoms with Gasteiger partial charge in [-0.25, -0.2) is 4.68 Å². The average molecular weight is 289 g/mol. The van der Waals surface area contributed by atoms with Crippen LogP contribution in [0.1, 0.15) is 21.6 Å². The van der Waals surface area contributed by atoms with Gasteiger partial charge in [-0.15, -0.1) is 0 Å². The Morgan fingerprint density at radius 2 is 2.05 bits per heavy atom. The van der Waals surface area contributed by atoms with Gasteiger partial charge >= 0.3 is 6.18 Å². The Kier molecular flexibility index (Phi) is 3.36. The molecule has 2 rings (SSSR count). The number of carbonyl (C=O) groups excluding carboxylic acids is 1. The van der Waals surface area contributed by atoms with Crippen molar-refractivity contribution in [3.63, 3.8) is 0 Å². The number of alkyl halides is 3. The second kappa shape index (κ2) is 4.70. The van der Waals surface area contributed by atoms with Crippen LogP contribution in [-0.4, -0.2) is 16.1 Å². The molecule has 1 aromatic heterocycles. The maximum atomic E-state index is 12.6. The van der Waals surface area contributed by atoms with E-state index in [0.29, 0.717) is 17.5 Å². The lowest BCUT2D eigenvalue weighted by molar-refractivity contribution is -0.137. The van der Waals surface area contributed by atoms with Crippen molar-refractivity contribution in [3.8, 4) is 5.69 Å². The lowest BCUT2D eigenvalue weighted by atomic mass is 10.2. The SMILES string of the molecule is Cc1nn(-c2cc(C(F)(F)F)ccc2Cl)cc1C=O. The largest absolute Gasteiger partial charge is 0.416 e. The van der Waals surface area contributed by atoms with E-state index in [2.05, 4.69) is 5.10 Å². The molecule has 0 N–H and O–H groups in total. The van der Waals surface area contributed by atoms with E-state index in [0.717, 1.165) is 22.9 Å². The fraction of sp³-hybridized carbons (Fsp3) is 0.167. The van der Waals surface area contributed by atoms with Gasteiger partial charge in [0, 0.05) is 6.20 Å². The van der Waals surface area contributed by atoms with Crippen molar-refractivity contribution in [2.75, 3.05) is 0 Å². The second-order valence-corrected chi connectivity index (χ2v) is 4.30. The molecule has 3 nitrogen and oxygen atoms in total. The molecule has 0 fully saturated rings. The van der Waals surface area contributed by atoms with Crippen LogP contribution in [0.3, 0.4) is 0 Å². The Balaban J connectivity index is 2.57. The fourth-order valence-corrected chi connectivity index (χ4v) is 1.78. The summed E-state index contributed by atoms with van der Waals surface area (Å²) in [6.45, 7) is 1.59. The molecule has 0 bridgehead atoms. The highest BCUT2D eigenvalue weighted by Crippen LogP contribution is 2.33. The van der Waals surface area contributed by atoms with Crippen LogP contribution >= 0.6 is 11.6 Å². The Labute approximate surface area is 111 Å². The minimum absolute atomic E-state index is 0.0766. The van der Waals surface area contributed by atoms with Crippen molar-refractivity contribution >= 4 is 17.9 Å². The topological polar surface area (TPSA) is 34.9 Å². The summed E-state index contributed by atoms with van der Waals surface area (Å²) in [5, 5.41) is 4.09. The van der Waals surface area contributed by atoms with E-state index < -0.39 is 11.7 Å². The van der Waals surface area contributed by atoms with Gasteiger partial charge in [-0.05, 0) is 25.1 Å². The molecule has 7 heteroatoms. The van der Waals surface area contributed by atoms with E-state index in [1.807, 2.05) is 0 Å². The average Bonchev–Trinajstić information content (AvgIpc) is 2.69. The Bertz CT molecular complexity index is 634. The molecule has 0 aliphatic carbocycles. The first-order chi connectivity index (χ1) is 8.82. The number of hydrogen-bond acceptors (Lipinski definition) is 2. The fourth-order valence-electron chi connectivity index (χ4n) is 1.58. The van der Waals surface area contributed by atoms with E-state index in [9.17, 15) is 18.0 Å². The quantitative estimate of drug-likeness (QED) is 0.790. The number of rotatable bonds is 2. The second-order valence-electron chi connectivity index (χ2n) is 3.90. The molecule has 0 unspecified atom stereocenters. The number of aryl methyl sites for hydroxylation is 1. The highest BCUT2D eigenvalue weighted by molar-refractivity contribution is 6.32. The molecule has 0 aliphatic rings. The van der Waals surface area contributed by atoms with E-state index in [4.69, 9.17) is 11.6 Å². The Morgan fingerprint density at radius 1 is 1.37 bits per heavy atom. The molecule has 19 heavy (non-hydrogen) atoms. The third kappa shape index (κ3) is 2.63. The highest BCUT2D eigenvalue weighted by Gasteiger charge is 2.31. The minimum Gasteiger partial charge on any atom is -0.298 e. The number of hydrogen-bond donors (Lipinski definition) is 0. The van der Waals surface area contributed by atoms with Crippen LogP contribution in [-0.2, 0) is 6.18 Å². The van der Waals surface area contributed by atoms with Crippen LogP contribution < -0.4 is 0 Å². The molecule has 0 saturated heterocycles. The van der Waals surface area contributed by atoms with Gasteiger partial charge in [-0.2, -0.15) is 18.3 Å². The minimum atomic E-state index is -4.46. The molecule has 0 aliphatic heterocycles. The molecule has 0 radical (unpaired) electrons. The van der Waals surface area contributed by atoms with Gasteiger partial charge in [0.25, 0.3) is 0 Å². The molecule has 1 aromatic carbocycles. The normalized spacial score (nSPS) is 11.6. The van der Waals surface area contributed by atoms with Crippen LogP contribution in [0.5, 0.6) is 0 Å². The summed E-state index contributed by atoms with van der Waals surface area (Å²) in [7, 11) is 0. The summed E-state index contributed by atoms with van der Waals surface area (Å²) < 4.78 is 39.1. The van der Waals surface area contributed by atoms with E-state index in [1.165, 1.54) is 6.20 Å². The smallest absolute Gasteiger partial charge is 0.298 e. The highest BCUT2D eigenvalue weighted by atomic mass is 35.5. The van der Waals surface area contributed by atoms with Crippen LogP contribution in [0, 0.1) is 6.92 Å². The van der Waals surface area contributed by atoms with Crippen LogP contribution in [0.25, 0.3) is 5.69 Å². The van der Waals surface area contributed by atoms with Gasteiger partial charge in [0.2, 0.25) is 0 Å². The summed E-state index contributed by atoms with van der Waals surface area (Å²) in [5.74, 6) is 0. The number of aldehydes is 1. The van der Waals surface area contributed by atoms with E-state index in [-0.39, 0.29) is 10.7 Å². The number of carbonyl (C=O) groups is 1. The molecule has 2 aromatic rings. The van der Waals surface area contributed by atoms with E-state index >= 15 is 0 Å². The van der Waals surface area contributed by atoms with Crippen molar-refractivity contribution < 1.29 is 18.0 Å². The van der Waals surface area contributed by atoms with Gasteiger partial charge in [0.05, 0.1) is 27.5 Å². The lowest BCUT2D eigenvalue weighted by Gasteiger charge is -2.10. The van der Waals surface area contributed by atoms with Gasteiger partial charge in [-0.1, -0.05) is 11.6 Å². The predicted molar refractivity (Wildman–Crippen MR) is 63.7 cm³/mol. The summed E-state index contributed by atoms with van der Waals surface area (Å²) in [6, 6.07) is 2.93. The Morgan fingerprint density at radius 3 is 2.58 bits per heavy atom. The predicted octanol–water partition coefficient (Wildman–Crippen LogP) is 3.67. The third-order valence-electron chi connectivity index (χ3n) is 2.58. The van der Waals surface area contributed by atoms with Crippen molar-refractivity contribution in [2.45, 2.75) is 13.1 Å². The van der Waals surface area contributed by atoms with Crippen LogP contribution in [0.15, 0.2) is 24.4 Å². The molecule has 0 spiro atoms. The number of benzene rings is 1. The molecule has 0 saturated carbocycles. The van der Waals surface area contributed by atoms with Crippen LogP contribution in [0.4, 0.5) is 13.2 Å². The number of aromatic nitrogens is 2. The molecular weight excluding hydrogens is 281 g/mol. The maximum Gasteiger partial charge on any atom is 0.416 e. The lowest BCUT2D eigenvalue weighted by Crippen LogP contribution is -2.06. The first-order valence-corrected chi connectivity index (χ1v) is 5.59. The molecule has 100 valence electrons. The van der Waals surface area contributed by atoms with Gasteiger partial charge in [-0.3, -0.25) is 4.79 Å². The van der Waals surface area contributed by atoms with Gasteiger partial charge in [0.15, 0.2) is 6.29 Å². The standard InChI is InChI=1S/C12H8ClF3N2O/c1-7-8(6-19)5-18(17-7)11-4-9(12(14,15)16)2-3-10(11)13/h2-6H,1H3. The summed E-state index contributed by atoms with van der Waals surface area (Å²) >= 11 is 5.87.